The monoisotopic (exact) mass is 458 g/mol. The van der Waals surface area contributed by atoms with E-state index >= 15 is 0 Å². The van der Waals surface area contributed by atoms with E-state index in [2.05, 4.69) is 25.2 Å². The van der Waals surface area contributed by atoms with E-state index in [4.69, 9.17) is 21.7 Å². The summed E-state index contributed by atoms with van der Waals surface area (Å²) >= 11 is 6.10. The SMILES string of the molecule is CCC(C)c1ccccc1OCCOc1ccc([N+](=O)[O-])cc1C=C1SC(=S)NC1=O. The summed E-state index contributed by atoms with van der Waals surface area (Å²) in [7, 11) is 0. The van der Waals surface area contributed by atoms with Crippen LogP contribution in [0.5, 0.6) is 11.5 Å². The molecule has 0 aliphatic carbocycles. The number of nitro benzene ring substituents is 1. The van der Waals surface area contributed by atoms with Crippen LogP contribution in [-0.4, -0.2) is 28.4 Å². The van der Waals surface area contributed by atoms with Gasteiger partial charge < -0.3 is 14.8 Å². The number of ether oxygens (including phenoxy) is 2. The molecule has 1 amide bonds. The van der Waals surface area contributed by atoms with Crippen molar-refractivity contribution in [2.45, 2.75) is 26.2 Å². The van der Waals surface area contributed by atoms with Crippen LogP contribution in [0.15, 0.2) is 47.4 Å². The molecule has 1 aliphatic rings. The average Bonchev–Trinajstić information content (AvgIpc) is 3.08. The molecule has 2 aromatic rings. The van der Waals surface area contributed by atoms with Gasteiger partial charge in [-0.1, -0.05) is 56.0 Å². The summed E-state index contributed by atoms with van der Waals surface area (Å²) < 4.78 is 12.1. The summed E-state index contributed by atoms with van der Waals surface area (Å²) in [6.07, 6.45) is 2.55. The van der Waals surface area contributed by atoms with E-state index in [-0.39, 0.29) is 18.2 Å². The Morgan fingerprint density at radius 1 is 1.19 bits per heavy atom. The zero-order chi connectivity index (χ0) is 22.4. The van der Waals surface area contributed by atoms with Crippen molar-refractivity contribution >= 4 is 46.0 Å². The van der Waals surface area contributed by atoms with Crippen LogP contribution in [0.2, 0.25) is 0 Å². The number of hydrogen-bond acceptors (Lipinski definition) is 7. The maximum absolute atomic E-state index is 12.0. The van der Waals surface area contributed by atoms with Gasteiger partial charge in [0.25, 0.3) is 11.6 Å². The molecule has 2 aromatic carbocycles. The number of thioether (sulfide) groups is 1. The van der Waals surface area contributed by atoms with Gasteiger partial charge in [0.1, 0.15) is 29.0 Å². The summed E-state index contributed by atoms with van der Waals surface area (Å²) in [5.41, 5.74) is 1.48. The Balaban J connectivity index is 1.72. The number of hydrogen-bond donors (Lipinski definition) is 1. The second-order valence-corrected chi connectivity index (χ2v) is 8.59. The summed E-state index contributed by atoms with van der Waals surface area (Å²) in [5.74, 6) is 1.28. The molecule has 9 heteroatoms. The Hall–Kier alpha value is -2.91. The zero-order valence-electron chi connectivity index (χ0n) is 17.1. The number of carbonyl (C=O) groups is 1. The van der Waals surface area contributed by atoms with E-state index in [0.717, 1.165) is 29.5 Å². The normalized spacial score (nSPS) is 15.6. The van der Waals surface area contributed by atoms with Gasteiger partial charge in [0.2, 0.25) is 0 Å². The Morgan fingerprint density at radius 3 is 2.55 bits per heavy atom. The van der Waals surface area contributed by atoms with Gasteiger partial charge in [-0.15, -0.1) is 0 Å². The molecule has 3 rings (SSSR count). The highest BCUT2D eigenvalue weighted by atomic mass is 32.2. The first-order valence-corrected chi connectivity index (χ1v) is 11.0. The maximum Gasteiger partial charge on any atom is 0.270 e. The number of para-hydroxylation sites is 1. The third-order valence-electron chi connectivity index (χ3n) is 4.79. The number of benzene rings is 2. The third-order valence-corrected chi connectivity index (χ3v) is 5.96. The minimum Gasteiger partial charge on any atom is -0.490 e. The van der Waals surface area contributed by atoms with Crippen LogP contribution in [0.4, 0.5) is 5.69 Å². The van der Waals surface area contributed by atoms with Crippen LogP contribution >= 0.6 is 24.0 Å². The topological polar surface area (TPSA) is 90.7 Å². The molecule has 1 fully saturated rings. The molecule has 0 spiro atoms. The number of non-ortho nitro benzene ring substituents is 1. The van der Waals surface area contributed by atoms with Crippen LogP contribution in [0.1, 0.15) is 37.3 Å². The van der Waals surface area contributed by atoms with Gasteiger partial charge in [-0.05, 0) is 36.1 Å². The molecule has 1 unspecified atom stereocenters. The first-order chi connectivity index (χ1) is 14.9. The fourth-order valence-electron chi connectivity index (χ4n) is 3.00. The van der Waals surface area contributed by atoms with Gasteiger partial charge >= 0.3 is 0 Å². The minimum absolute atomic E-state index is 0.0936. The first kappa shape index (κ1) is 22.8. The summed E-state index contributed by atoms with van der Waals surface area (Å²) in [4.78, 5) is 23.0. The van der Waals surface area contributed by atoms with E-state index in [9.17, 15) is 14.9 Å². The van der Waals surface area contributed by atoms with E-state index in [0.29, 0.717) is 33.1 Å². The van der Waals surface area contributed by atoms with Gasteiger partial charge in [0.05, 0.1) is 9.83 Å². The van der Waals surface area contributed by atoms with Crippen molar-refractivity contribution in [1.82, 2.24) is 5.32 Å². The second kappa shape index (κ2) is 10.4. The number of nitro groups is 1. The zero-order valence-corrected chi connectivity index (χ0v) is 18.8. The van der Waals surface area contributed by atoms with Crippen molar-refractivity contribution < 1.29 is 19.2 Å². The highest BCUT2D eigenvalue weighted by Crippen LogP contribution is 2.32. The number of amides is 1. The van der Waals surface area contributed by atoms with E-state index in [1.54, 1.807) is 6.08 Å². The van der Waals surface area contributed by atoms with Gasteiger partial charge in [-0.25, -0.2) is 0 Å². The molecule has 1 heterocycles. The molecule has 1 saturated heterocycles. The second-order valence-electron chi connectivity index (χ2n) is 6.88. The van der Waals surface area contributed by atoms with Crippen molar-refractivity contribution in [3.8, 4) is 11.5 Å². The summed E-state index contributed by atoms with van der Waals surface area (Å²) in [5, 5.41) is 13.7. The molecule has 0 aromatic heterocycles. The molecule has 162 valence electrons. The van der Waals surface area contributed by atoms with Crippen molar-refractivity contribution in [1.29, 1.82) is 0 Å². The van der Waals surface area contributed by atoms with Crippen LogP contribution in [0.25, 0.3) is 6.08 Å². The maximum atomic E-state index is 12.0. The molecule has 1 aliphatic heterocycles. The highest BCUT2D eigenvalue weighted by molar-refractivity contribution is 8.26. The molecular weight excluding hydrogens is 436 g/mol. The number of rotatable bonds is 9. The highest BCUT2D eigenvalue weighted by Gasteiger charge is 2.23. The first-order valence-electron chi connectivity index (χ1n) is 9.76. The molecule has 7 nitrogen and oxygen atoms in total. The fraction of sp³-hybridized carbons (Fsp3) is 0.273. The average molecular weight is 459 g/mol. The molecule has 1 N–H and O–H groups in total. The largest absolute Gasteiger partial charge is 0.490 e. The number of thiocarbonyl (C=S) groups is 1. The minimum atomic E-state index is -0.493. The van der Waals surface area contributed by atoms with Crippen LogP contribution in [0, 0.1) is 10.1 Å². The van der Waals surface area contributed by atoms with Crippen molar-refractivity contribution in [2.24, 2.45) is 0 Å². The van der Waals surface area contributed by atoms with Gasteiger partial charge in [-0.2, -0.15) is 0 Å². The molecule has 0 bridgehead atoms. The number of nitrogens with one attached hydrogen (secondary N) is 1. The van der Waals surface area contributed by atoms with Crippen LogP contribution in [-0.2, 0) is 4.79 Å². The standard InChI is InChI=1S/C22H22N2O5S2/c1-3-14(2)17-6-4-5-7-19(17)29-11-10-28-18-9-8-16(24(26)27)12-15(18)13-20-21(25)23-22(30)31-20/h4-9,12-14H,3,10-11H2,1-2H3,(H,23,25,30). The van der Waals surface area contributed by atoms with Crippen molar-refractivity contribution in [3.63, 3.8) is 0 Å². The van der Waals surface area contributed by atoms with Crippen LogP contribution < -0.4 is 14.8 Å². The van der Waals surface area contributed by atoms with Crippen molar-refractivity contribution in [3.05, 3.63) is 68.6 Å². The van der Waals surface area contributed by atoms with E-state index < -0.39 is 4.92 Å². The molecule has 0 radical (unpaired) electrons. The Labute approximate surface area is 190 Å². The Morgan fingerprint density at radius 2 is 1.90 bits per heavy atom. The van der Waals surface area contributed by atoms with E-state index in [1.165, 1.54) is 18.2 Å². The quantitative estimate of drug-likeness (QED) is 0.185. The smallest absolute Gasteiger partial charge is 0.270 e. The van der Waals surface area contributed by atoms with E-state index in [1.807, 2.05) is 18.2 Å². The lowest BCUT2D eigenvalue weighted by Gasteiger charge is -2.16. The Kier molecular flexibility index (Phi) is 7.64. The molecule has 31 heavy (non-hydrogen) atoms. The lowest BCUT2D eigenvalue weighted by Crippen LogP contribution is -2.17. The lowest BCUT2D eigenvalue weighted by molar-refractivity contribution is -0.384. The molecule has 0 saturated carbocycles. The Bertz CT molecular complexity index is 1040. The van der Waals surface area contributed by atoms with Gasteiger partial charge in [-0.3, -0.25) is 14.9 Å². The van der Waals surface area contributed by atoms with Crippen LogP contribution in [0.3, 0.4) is 0 Å². The summed E-state index contributed by atoms with van der Waals surface area (Å²) in [6.45, 7) is 4.82. The fourth-order valence-corrected chi connectivity index (χ4v) is 4.03. The molecular formula is C22H22N2O5S2. The number of nitrogens with zero attached hydrogens (tertiary/aromatic N) is 1. The van der Waals surface area contributed by atoms with Crippen molar-refractivity contribution in [2.75, 3.05) is 13.2 Å². The predicted octanol–water partition coefficient (Wildman–Crippen LogP) is 5.05. The number of carbonyl (C=O) groups excluding carboxylic acids is 1. The molecule has 1 atom stereocenters. The summed E-state index contributed by atoms with van der Waals surface area (Å²) in [6, 6.07) is 12.2. The lowest BCUT2D eigenvalue weighted by atomic mass is 9.98. The predicted molar refractivity (Wildman–Crippen MR) is 126 cm³/mol. The van der Waals surface area contributed by atoms with Gasteiger partial charge in [0.15, 0.2) is 0 Å². The van der Waals surface area contributed by atoms with Gasteiger partial charge in [0, 0.05) is 17.7 Å². The third kappa shape index (κ3) is 5.83.